The summed E-state index contributed by atoms with van der Waals surface area (Å²) in [5.74, 6) is 0.196. The van der Waals surface area contributed by atoms with Crippen LogP contribution in [0.5, 0.6) is 0 Å². The van der Waals surface area contributed by atoms with Gasteiger partial charge in [0.05, 0.1) is 78.7 Å². The molecule has 0 rings (SSSR count). The van der Waals surface area contributed by atoms with Gasteiger partial charge in [0.15, 0.2) is 0 Å². The maximum absolute atomic E-state index is 11.9. The van der Waals surface area contributed by atoms with E-state index < -0.39 is 0 Å². The summed E-state index contributed by atoms with van der Waals surface area (Å²) in [5.41, 5.74) is 0. The van der Waals surface area contributed by atoms with E-state index in [4.69, 9.17) is 28.4 Å². The first-order valence-electron chi connectivity index (χ1n) is 12.8. The Bertz CT molecular complexity index is 508. The molecular weight excluding hydrogens is 456 g/mol. The average Bonchev–Trinajstić information content (AvgIpc) is 2.80. The highest BCUT2D eigenvalue weighted by atomic mass is 16.6. The van der Waals surface area contributed by atoms with Gasteiger partial charge in [-0.05, 0) is 26.2 Å². The fraction of sp³-hybridized carbons (Fsp3) is 0.920. The molecule has 0 aliphatic heterocycles. The predicted molar refractivity (Wildman–Crippen MR) is 135 cm³/mol. The second-order valence-corrected chi connectivity index (χ2v) is 8.54. The molecule has 0 fully saturated rings. The van der Waals surface area contributed by atoms with Crippen LogP contribution in [0.1, 0.15) is 47.0 Å². The van der Waals surface area contributed by atoms with Gasteiger partial charge in [0.25, 0.3) is 0 Å². The second-order valence-electron chi connectivity index (χ2n) is 8.54. The maximum atomic E-state index is 11.9. The largest absolute Gasteiger partial charge is 0.382 e. The van der Waals surface area contributed by atoms with Crippen molar-refractivity contribution < 1.29 is 38.0 Å². The number of carbonyl (C=O) groups is 2. The van der Waals surface area contributed by atoms with Crippen LogP contribution in [0.25, 0.3) is 0 Å². The Balaban J connectivity index is 3.59. The summed E-state index contributed by atoms with van der Waals surface area (Å²) in [7, 11) is 1.64. The van der Waals surface area contributed by atoms with Crippen molar-refractivity contribution in [1.82, 2.24) is 10.2 Å². The van der Waals surface area contributed by atoms with Crippen LogP contribution in [-0.2, 0) is 38.0 Å². The summed E-state index contributed by atoms with van der Waals surface area (Å²) >= 11 is 0. The molecule has 0 aromatic heterocycles. The second kappa shape index (κ2) is 24.5. The summed E-state index contributed by atoms with van der Waals surface area (Å²) < 4.78 is 32.1. The van der Waals surface area contributed by atoms with E-state index in [1.807, 2.05) is 13.8 Å². The van der Waals surface area contributed by atoms with Gasteiger partial charge in [-0.2, -0.15) is 0 Å². The minimum absolute atomic E-state index is 0.0352. The quantitative estimate of drug-likeness (QED) is 0.176. The smallest absolute Gasteiger partial charge is 0.219 e. The van der Waals surface area contributed by atoms with Crippen LogP contribution in [0, 0.1) is 0 Å². The Labute approximate surface area is 212 Å². The molecule has 1 atom stereocenters. The molecule has 0 aliphatic rings. The molecule has 1 unspecified atom stereocenters. The fourth-order valence-corrected chi connectivity index (χ4v) is 3.18. The molecule has 0 saturated heterocycles. The minimum Gasteiger partial charge on any atom is -0.382 e. The molecule has 208 valence electrons. The lowest BCUT2D eigenvalue weighted by Gasteiger charge is -2.22. The van der Waals surface area contributed by atoms with E-state index in [0.29, 0.717) is 85.8 Å². The maximum Gasteiger partial charge on any atom is 0.219 e. The molecule has 0 aromatic carbocycles. The van der Waals surface area contributed by atoms with E-state index in [2.05, 4.69) is 5.32 Å². The van der Waals surface area contributed by atoms with Gasteiger partial charge in [-0.1, -0.05) is 13.8 Å². The van der Waals surface area contributed by atoms with Crippen molar-refractivity contribution in [2.24, 2.45) is 0 Å². The van der Waals surface area contributed by atoms with Crippen LogP contribution in [-0.4, -0.2) is 122 Å². The number of nitrogens with zero attached hydrogens (tertiary/aromatic N) is 1. The molecule has 1 N–H and O–H groups in total. The third kappa shape index (κ3) is 23.0. The normalized spacial score (nSPS) is 12.3. The van der Waals surface area contributed by atoms with E-state index >= 15 is 0 Å². The number of unbranched alkanes of at least 4 members (excludes halogenated alkanes) is 1. The Morgan fingerprint density at radius 3 is 1.54 bits per heavy atom. The van der Waals surface area contributed by atoms with Gasteiger partial charge in [-0.25, -0.2) is 0 Å². The van der Waals surface area contributed by atoms with Crippen molar-refractivity contribution in [3.05, 3.63) is 0 Å². The topological polar surface area (TPSA) is 105 Å². The summed E-state index contributed by atoms with van der Waals surface area (Å²) in [6.45, 7) is 14.2. The number of nitrogens with one attached hydrogen (secondary N) is 1. The first-order valence-corrected chi connectivity index (χ1v) is 12.8. The molecule has 0 aromatic rings. The molecule has 10 heteroatoms. The van der Waals surface area contributed by atoms with Gasteiger partial charge in [0.2, 0.25) is 5.91 Å². The van der Waals surface area contributed by atoms with Crippen LogP contribution >= 0.6 is 0 Å². The summed E-state index contributed by atoms with van der Waals surface area (Å²) in [6, 6.07) is 0.160. The standard InChI is InChI=1S/C25H50N2O8/c1-22(2)26-25(23(3)28)8-6-7-9-27(24(4)29)10-11-31-14-15-33-18-19-35-21-20-34-17-16-32-13-12-30-5/h22,25-26H,6-21H2,1-5H3. The number of ketones is 1. The number of rotatable bonds is 26. The zero-order chi connectivity index (χ0) is 26.2. The van der Waals surface area contributed by atoms with Gasteiger partial charge in [0.1, 0.15) is 5.78 Å². The highest BCUT2D eigenvalue weighted by Gasteiger charge is 2.15. The molecule has 0 saturated carbocycles. The Morgan fingerprint density at radius 1 is 0.686 bits per heavy atom. The molecule has 1 amide bonds. The highest BCUT2D eigenvalue weighted by molar-refractivity contribution is 5.81. The van der Waals surface area contributed by atoms with Crippen molar-refractivity contribution in [3.8, 4) is 0 Å². The zero-order valence-electron chi connectivity index (χ0n) is 22.7. The van der Waals surface area contributed by atoms with Crippen molar-refractivity contribution >= 4 is 11.7 Å². The van der Waals surface area contributed by atoms with Crippen molar-refractivity contribution in [1.29, 1.82) is 0 Å². The van der Waals surface area contributed by atoms with Crippen LogP contribution in [0.2, 0.25) is 0 Å². The minimum atomic E-state index is -0.112. The van der Waals surface area contributed by atoms with Gasteiger partial charge >= 0.3 is 0 Å². The zero-order valence-corrected chi connectivity index (χ0v) is 22.7. The average molecular weight is 507 g/mol. The van der Waals surface area contributed by atoms with Crippen molar-refractivity contribution in [3.63, 3.8) is 0 Å². The molecule has 0 heterocycles. The highest BCUT2D eigenvalue weighted by Crippen LogP contribution is 2.05. The van der Waals surface area contributed by atoms with Crippen LogP contribution in [0.4, 0.5) is 0 Å². The van der Waals surface area contributed by atoms with Gasteiger partial charge < -0.3 is 38.6 Å². The lowest BCUT2D eigenvalue weighted by atomic mass is 10.1. The SMILES string of the molecule is COCCOCCOCCOCCOCCOCCN(CCCCC(NC(C)C)C(C)=O)C(C)=O. The summed E-state index contributed by atoms with van der Waals surface area (Å²) in [5, 5.41) is 3.29. The van der Waals surface area contributed by atoms with E-state index in [9.17, 15) is 9.59 Å². The predicted octanol–water partition coefficient (Wildman–Crippen LogP) is 1.69. The lowest BCUT2D eigenvalue weighted by molar-refractivity contribution is -0.129. The Morgan fingerprint density at radius 2 is 1.14 bits per heavy atom. The van der Waals surface area contributed by atoms with E-state index in [0.717, 1.165) is 19.3 Å². The number of Topliss-reactive ketones (excluding diaryl/α,β-unsaturated/α-hetero) is 1. The summed E-state index contributed by atoms with van der Waals surface area (Å²) in [4.78, 5) is 25.4. The van der Waals surface area contributed by atoms with Crippen LogP contribution in [0.15, 0.2) is 0 Å². The first kappa shape index (κ1) is 33.9. The number of hydrogen-bond donors (Lipinski definition) is 1. The molecule has 35 heavy (non-hydrogen) atoms. The van der Waals surface area contributed by atoms with Gasteiger partial charge in [0, 0.05) is 33.2 Å². The van der Waals surface area contributed by atoms with Gasteiger partial charge in [-0.3, -0.25) is 9.59 Å². The van der Waals surface area contributed by atoms with E-state index in [-0.39, 0.29) is 23.8 Å². The fourth-order valence-electron chi connectivity index (χ4n) is 3.18. The number of hydrogen-bond acceptors (Lipinski definition) is 9. The number of carbonyl (C=O) groups excluding carboxylic acids is 2. The van der Waals surface area contributed by atoms with E-state index in [1.165, 1.54) is 0 Å². The molecule has 0 radical (unpaired) electrons. The van der Waals surface area contributed by atoms with E-state index in [1.54, 1.807) is 25.9 Å². The summed E-state index contributed by atoms with van der Waals surface area (Å²) in [6.07, 6.45) is 2.54. The Hall–Kier alpha value is -1.14. The molecule has 10 nitrogen and oxygen atoms in total. The monoisotopic (exact) mass is 506 g/mol. The molecular formula is C25H50N2O8. The molecule has 0 spiro atoms. The van der Waals surface area contributed by atoms with Gasteiger partial charge in [-0.15, -0.1) is 0 Å². The van der Waals surface area contributed by atoms with Crippen molar-refractivity contribution in [2.45, 2.75) is 59.0 Å². The lowest BCUT2D eigenvalue weighted by Crippen LogP contribution is -2.40. The first-order chi connectivity index (χ1) is 16.9. The number of methoxy groups -OCH3 is 1. The van der Waals surface area contributed by atoms with Crippen molar-refractivity contribution in [2.75, 3.05) is 92.9 Å². The van der Waals surface area contributed by atoms with Crippen LogP contribution < -0.4 is 5.32 Å². The Kier molecular flexibility index (Phi) is 23.8. The third-order valence-electron chi connectivity index (χ3n) is 5.07. The molecule has 0 aliphatic carbocycles. The molecule has 0 bridgehead atoms. The van der Waals surface area contributed by atoms with Crippen LogP contribution in [0.3, 0.4) is 0 Å². The third-order valence-corrected chi connectivity index (χ3v) is 5.07. The number of amides is 1. The number of ether oxygens (including phenoxy) is 6.